The zero-order valence-electron chi connectivity index (χ0n) is 20.9. The first-order chi connectivity index (χ1) is 17.9. The molecule has 4 rings (SSSR count). The first kappa shape index (κ1) is 26.7. The van der Waals surface area contributed by atoms with Crippen LogP contribution in [0.15, 0.2) is 83.3 Å². The monoisotopic (exact) mass is 566 g/mol. The Labute approximate surface area is 225 Å². The third kappa shape index (κ3) is 6.14. The highest BCUT2D eigenvalue weighted by Crippen LogP contribution is 2.34. The number of carbonyl (C=O) groups excluding carboxylic acids is 2. The topological polar surface area (TPSA) is 79.3 Å². The fourth-order valence-electron chi connectivity index (χ4n) is 4.81. The Kier molecular flexibility index (Phi) is 8.84. The molecule has 7 nitrogen and oxygen atoms in total. The summed E-state index contributed by atoms with van der Waals surface area (Å²) >= 11 is 3.50. The van der Waals surface area contributed by atoms with E-state index in [1.54, 1.807) is 7.11 Å². The predicted molar refractivity (Wildman–Crippen MR) is 145 cm³/mol. The highest BCUT2D eigenvalue weighted by Gasteiger charge is 2.41. The zero-order valence-corrected chi connectivity index (χ0v) is 22.5. The Bertz CT molecular complexity index is 1190. The maximum Gasteiger partial charge on any atom is 0.328 e. The van der Waals surface area contributed by atoms with Gasteiger partial charge in [0.2, 0.25) is 0 Å². The van der Waals surface area contributed by atoms with Crippen LogP contribution in [0.2, 0.25) is 0 Å². The quantitative estimate of drug-likeness (QED) is 0.377. The van der Waals surface area contributed by atoms with Crippen LogP contribution in [0.25, 0.3) is 0 Å². The molecule has 1 amide bonds. The molecule has 1 N–H and O–H groups in total. The summed E-state index contributed by atoms with van der Waals surface area (Å²) in [6.45, 7) is 0.823. The van der Waals surface area contributed by atoms with Gasteiger partial charge in [-0.05, 0) is 60.4 Å². The van der Waals surface area contributed by atoms with Crippen molar-refractivity contribution in [3.63, 3.8) is 0 Å². The summed E-state index contributed by atoms with van der Waals surface area (Å²) < 4.78 is 11.2. The van der Waals surface area contributed by atoms with Gasteiger partial charge in [0.05, 0.1) is 20.3 Å². The number of nitrogens with zero attached hydrogens (tertiary/aromatic N) is 2. The van der Waals surface area contributed by atoms with Crippen LogP contribution in [0.4, 0.5) is 5.69 Å². The molecule has 0 aromatic heterocycles. The SMILES string of the molecule is COC(=O)[C@@H]1CCCN1C(=O)[C@@H](O)[C@H](c1ccccc1)N(Cc1ccc(OC)cc1)c1ccc(Br)cc1. The van der Waals surface area contributed by atoms with Crippen LogP contribution in [0.3, 0.4) is 0 Å². The number of halogens is 1. The second-order valence-corrected chi connectivity index (χ2v) is 9.88. The first-order valence-electron chi connectivity index (χ1n) is 12.2. The minimum Gasteiger partial charge on any atom is -0.497 e. The first-order valence-corrected chi connectivity index (χ1v) is 13.0. The third-order valence-corrected chi connectivity index (χ3v) is 7.24. The van der Waals surface area contributed by atoms with Gasteiger partial charge >= 0.3 is 5.97 Å². The maximum absolute atomic E-state index is 13.7. The Morgan fingerprint density at radius 1 is 1.03 bits per heavy atom. The molecule has 0 spiro atoms. The number of likely N-dealkylation sites (tertiary alicyclic amines) is 1. The Hall–Kier alpha value is -3.36. The number of anilines is 1. The molecule has 37 heavy (non-hydrogen) atoms. The van der Waals surface area contributed by atoms with Crippen molar-refractivity contribution in [2.45, 2.75) is 37.6 Å². The van der Waals surface area contributed by atoms with Gasteiger partial charge in [0, 0.05) is 23.2 Å². The molecule has 0 unspecified atom stereocenters. The number of hydrogen-bond acceptors (Lipinski definition) is 6. The van der Waals surface area contributed by atoms with Crippen molar-refractivity contribution in [3.8, 4) is 5.75 Å². The van der Waals surface area contributed by atoms with E-state index >= 15 is 0 Å². The number of ether oxygens (including phenoxy) is 2. The van der Waals surface area contributed by atoms with Gasteiger partial charge in [-0.1, -0.05) is 58.4 Å². The number of aliphatic hydroxyl groups is 1. The number of benzene rings is 3. The average Bonchev–Trinajstić information content (AvgIpc) is 3.43. The molecule has 1 saturated heterocycles. The van der Waals surface area contributed by atoms with Gasteiger partial charge < -0.3 is 24.4 Å². The Morgan fingerprint density at radius 2 is 1.70 bits per heavy atom. The number of carbonyl (C=O) groups is 2. The minimum absolute atomic E-state index is 0.397. The van der Waals surface area contributed by atoms with Crippen LogP contribution in [-0.4, -0.2) is 54.8 Å². The molecular formula is C29H31BrN2O5. The van der Waals surface area contributed by atoms with Crippen LogP contribution >= 0.6 is 15.9 Å². The van der Waals surface area contributed by atoms with Crippen molar-refractivity contribution >= 4 is 33.5 Å². The van der Waals surface area contributed by atoms with Crippen molar-refractivity contribution in [1.82, 2.24) is 4.90 Å². The molecule has 0 bridgehead atoms. The maximum atomic E-state index is 13.7. The van der Waals surface area contributed by atoms with E-state index < -0.39 is 30.1 Å². The standard InChI is InChI=1S/C29H31BrN2O5/c1-36-24-16-10-20(11-17-24)19-32(23-14-12-22(30)13-15-23)26(21-7-4-3-5-8-21)27(33)28(34)31-18-6-9-25(31)29(35)37-2/h3-5,7-8,10-17,25-27,33H,6,9,18-19H2,1-2H3/t25-,26-,27-/m0/s1. The molecule has 1 aliphatic rings. The largest absolute Gasteiger partial charge is 0.497 e. The minimum atomic E-state index is -1.42. The highest BCUT2D eigenvalue weighted by atomic mass is 79.9. The van der Waals surface area contributed by atoms with Gasteiger partial charge in [0.25, 0.3) is 5.91 Å². The van der Waals surface area contributed by atoms with Crippen LogP contribution in [-0.2, 0) is 20.9 Å². The van der Waals surface area contributed by atoms with Gasteiger partial charge in [0.15, 0.2) is 6.10 Å². The van der Waals surface area contributed by atoms with E-state index in [-0.39, 0.29) is 0 Å². The molecule has 194 valence electrons. The normalized spacial score (nSPS) is 16.6. The summed E-state index contributed by atoms with van der Waals surface area (Å²) in [6.07, 6.45) is -0.227. The van der Waals surface area contributed by atoms with Gasteiger partial charge in [-0.25, -0.2) is 4.79 Å². The van der Waals surface area contributed by atoms with E-state index in [0.717, 1.165) is 27.0 Å². The second-order valence-electron chi connectivity index (χ2n) is 8.97. The Balaban J connectivity index is 1.75. The number of amides is 1. The van der Waals surface area contributed by atoms with Crippen molar-refractivity contribution in [3.05, 3.63) is 94.5 Å². The number of methoxy groups -OCH3 is 2. The summed E-state index contributed by atoms with van der Waals surface area (Å²) in [7, 11) is 2.94. The fraction of sp³-hybridized carbons (Fsp3) is 0.310. The molecule has 0 aliphatic carbocycles. The second kappa shape index (κ2) is 12.3. The lowest BCUT2D eigenvalue weighted by Gasteiger charge is -2.38. The summed E-state index contributed by atoms with van der Waals surface area (Å²) in [5, 5.41) is 11.7. The summed E-state index contributed by atoms with van der Waals surface area (Å²) in [5.41, 5.74) is 2.61. The third-order valence-electron chi connectivity index (χ3n) is 6.71. The summed E-state index contributed by atoms with van der Waals surface area (Å²) in [6, 6.07) is 23.6. The summed E-state index contributed by atoms with van der Waals surface area (Å²) in [4.78, 5) is 29.6. The van der Waals surface area contributed by atoms with Gasteiger partial charge in [-0.2, -0.15) is 0 Å². The Morgan fingerprint density at radius 3 is 2.32 bits per heavy atom. The van der Waals surface area contributed by atoms with Gasteiger partial charge in [0.1, 0.15) is 11.8 Å². The molecule has 3 atom stereocenters. The lowest BCUT2D eigenvalue weighted by molar-refractivity contribution is -0.154. The average molecular weight is 567 g/mol. The predicted octanol–water partition coefficient (Wildman–Crippen LogP) is 4.73. The molecule has 8 heteroatoms. The van der Waals surface area contributed by atoms with E-state index in [2.05, 4.69) is 15.9 Å². The number of hydrogen-bond donors (Lipinski definition) is 1. The van der Waals surface area contributed by atoms with E-state index in [1.165, 1.54) is 12.0 Å². The van der Waals surface area contributed by atoms with Crippen LogP contribution in [0.1, 0.15) is 30.0 Å². The zero-order chi connectivity index (χ0) is 26.4. The van der Waals surface area contributed by atoms with Gasteiger partial charge in [-0.15, -0.1) is 0 Å². The van der Waals surface area contributed by atoms with E-state index in [4.69, 9.17) is 9.47 Å². The van der Waals surface area contributed by atoms with Crippen molar-refractivity contribution in [2.24, 2.45) is 0 Å². The molecule has 3 aromatic rings. The lowest BCUT2D eigenvalue weighted by Crippen LogP contribution is -2.50. The summed E-state index contributed by atoms with van der Waals surface area (Å²) in [5.74, 6) is -0.201. The van der Waals surface area contributed by atoms with Crippen LogP contribution in [0, 0.1) is 0 Å². The molecule has 1 heterocycles. The van der Waals surface area contributed by atoms with E-state index in [9.17, 15) is 14.7 Å². The molecule has 1 fully saturated rings. The smallest absolute Gasteiger partial charge is 0.328 e. The molecule has 0 radical (unpaired) electrons. The highest BCUT2D eigenvalue weighted by molar-refractivity contribution is 9.10. The fourth-order valence-corrected chi connectivity index (χ4v) is 5.07. The number of esters is 1. The van der Waals surface area contributed by atoms with E-state index in [0.29, 0.717) is 25.9 Å². The van der Waals surface area contributed by atoms with Gasteiger partial charge in [-0.3, -0.25) is 4.79 Å². The molecule has 3 aromatic carbocycles. The van der Waals surface area contributed by atoms with Crippen molar-refractivity contribution in [2.75, 3.05) is 25.7 Å². The molecular weight excluding hydrogens is 536 g/mol. The number of rotatable bonds is 9. The number of aliphatic hydroxyl groups excluding tert-OH is 1. The van der Waals surface area contributed by atoms with Crippen LogP contribution < -0.4 is 9.64 Å². The van der Waals surface area contributed by atoms with Crippen LogP contribution in [0.5, 0.6) is 5.75 Å². The van der Waals surface area contributed by atoms with E-state index in [1.807, 2.05) is 83.8 Å². The van der Waals surface area contributed by atoms with Crippen molar-refractivity contribution < 1.29 is 24.2 Å². The lowest BCUT2D eigenvalue weighted by atomic mass is 9.96. The molecule has 1 aliphatic heterocycles. The molecule has 0 saturated carbocycles. The van der Waals surface area contributed by atoms with Crippen molar-refractivity contribution in [1.29, 1.82) is 0 Å².